The highest BCUT2D eigenvalue weighted by atomic mass is 31.2. The third-order valence-electron chi connectivity index (χ3n) is 3.91. The van der Waals surface area contributed by atoms with Gasteiger partial charge in [0.05, 0.1) is 12.9 Å². The number of aliphatic hydroxyl groups excluding tert-OH is 1. The number of nitrogens with zero attached hydrogens (tertiary/aromatic N) is 4. The first-order valence-electron chi connectivity index (χ1n) is 6.98. The number of hydrogen-bond acceptors (Lipinski definition) is 10. The summed E-state index contributed by atoms with van der Waals surface area (Å²) in [6, 6.07) is 0. The molecule has 7 N–H and O–H groups in total. The minimum absolute atomic E-state index is 0.0242. The van der Waals surface area contributed by atoms with E-state index < -0.39 is 44.4 Å². The van der Waals surface area contributed by atoms with Crippen molar-refractivity contribution in [2.24, 2.45) is 0 Å². The molecule has 1 fully saturated rings. The number of phosphoric acid groups is 1. The van der Waals surface area contributed by atoms with Gasteiger partial charge in [0.15, 0.2) is 17.7 Å². The molecule has 0 radical (unpaired) electrons. The van der Waals surface area contributed by atoms with E-state index in [0.29, 0.717) is 0 Å². The van der Waals surface area contributed by atoms with E-state index in [0.717, 1.165) is 17.2 Å². The Balaban J connectivity index is 1.99. The Morgan fingerprint density at radius 3 is 2.73 bits per heavy atom. The fourth-order valence-corrected chi connectivity index (χ4v) is 2.95. The molecule has 1 aliphatic heterocycles. The number of rotatable bonds is 5. The number of nitrogens with two attached hydrogens (primary N) is 1. The van der Waals surface area contributed by atoms with Gasteiger partial charge in [0.1, 0.15) is 24.1 Å². The second-order valence-corrected chi connectivity index (χ2v) is 6.70. The van der Waals surface area contributed by atoms with Crippen molar-refractivity contribution >= 4 is 30.8 Å². The summed E-state index contributed by atoms with van der Waals surface area (Å²) in [6.07, 6.45) is -3.10. The van der Waals surface area contributed by atoms with Crippen LogP contribution in [0.4, 0.5) is 5.82 Å². The van der Waals surface area contributed by atoms with Crippen LogP contribution in [0.2, 0.25) is 0 Å². The van der Waals surface area contributed by atoms with E-state index in [1.807, 2.05) is 0 Å². The van der Waals surface area contributed by atoms with E-state index in [-0.39, 0.29) is 17.0 Å². The van der Waals surface area contributed by atoms with Crippen LogP contribution >= 0.6 is 7.82 Å². The van der Waals surface area contributed by atoms with Gasteiger partial charge in [0.25, 0.3) is 0 Å². The Morgan fingerprint density at radius 2 is 2.12 bits per heavy atom. The Morgan fingerprint density at radius 1 is 1.42 bits per heavy atom. The molecule has 3 rings (SSSR count). The third kappa shape index (κ3) is 2.93. The number of carboxylic acids is 1. The van der Waals surface area contributed by atoms with Crippen molar-refractivity contribution in [3.8, 4) is 0 Å². The number of ether oxygens (including phenoxy) is 1. The monoisotopic (exact) mass is 391 g/mol. The van der Waals surface area contributed by atoms with Crippen LogP contribution < -0.4 is 5.73 Å². The van der Waals surface area contributed by atoms with Crippen molar-refractivity contribution < 1.29 is 43.7 Å². The smallest absolute Gasteiger partial charge is 0.469 e. The lowest BCUT2D eigenvalue weighted by atomic mass is 9.92. The molecular formula is C11H14N5O9P. The highest BCUT2D eigenvalue weighted by Crippen LogP contribution is 2.42. The van der Waals surface area contributed by atoms with Crippen molar-refractivity contribution in [3.63, 3.8) is 0 Å². The zero-order chi connectivity index (χ0) is 19.3. The fraction of sp³-hybridized carbons (Fsp3) is 0.455. The van der Waals surface area contributed by atoms with Gasteiger partial charge >= 0.3 is 13.8 Å². The molecule has 15 heteroatoms. The molecule has 0 spiro atoms. The molecule has 2 aromatic rings. The van der Waals surface area contributed by atoms with E-state index in [9.17, 15) is 24.7 Å². The first-order chi connectivity index (χ1) is 12.1. The molecule has 0 aliphatic carbocycles. The Kier molecular flexibility index (Phi) is 4.44. The lowest BCUT2D eigenvalue weighted by Crippen LogP contribution is -2.55. The Hall–Kier alpha value is -2.19. The average molecular weight is 391 g/mol. The van der Waals surface area contributed by atoms with E-state index in [2.05, 4.69) is 19.5 Å². The number of carbonyl (C=O) groups is 1. The first kappa shape index (κ1) is 18.6. The van der Waals surface area contributed by atoms with Gasteiger partial charge in [-0.05, 0) is 0 Å². The Bertz CT molecular complexity index is 899. The molecule has 0 unspecified atom stereocenters. The van der Waals surface area contributed by atoms with Crippen molar-refractivity contribution in [1.82, 2.24) is 19.5 Å². The van der Waals surface area contributed by atoms with Crippen molar-refractivity contribution in [1.29, 1.82) is 0 Å². The van der Waals surface area contributed by atoms with Crippen LogP contribution in [0.5, 0.6) is 0 Å². The lowest BCUT2D eigenvalue weighted by molar-refractivity contribution is -0.175. The van der Waals surface area contributed by atoms with Gasteiger partial charge in [-0.3, -0.25) is 9.09 Å². The quantitative estimate of drug-likeness (QED) is 0.292. The normalized spacial score (nSPS) is 29.3. The predicted molar refractivity (Wildman–Crippen MR) is 80.2 cm³/mol. The molecule has 142 valence electrons. The van der Waals surface area contributed by atoms with Gasteiger partial charge in [-0.15, -0.1) is 0 Å². The van der Waals surface area contributed by atoms with Crippen LogP contribution in [0.15, 0.2) is 12.7 Å². The Labute approximate surface area is 144 Å². The van der Waals surface area contributed by atoms with Crippen LogP contribution in [0, 0.1) is 0 Å². The van der Waals surface area contributed by atoms with Crippen molar-refractivity contribution in [2.75, 3.05) is 12.3 Å². The minimum atomic E-state index is -4.97. The van der Waals surface area contributed by atoms with E-state index in [4.69, 9.17) is 20.3 Å². The molecule has 0 amide bonds. The van der Waals surface area contributed by atoms with Crippen LogP contribution in [0.3, 0.4) is 0 Å². The highest BCUT2D eigenvalue weighted by Gasteiger charge is 2.62. The lowest BCUT2D eigenvalue weighted by Gasteiger charge is -2.26. The summed E-state index contributed by atoms with van der Waals surface area (Å²) >= 11 is 0. The molecular weight excluding hydrogens is 377 g/mol. The third-order valence-corrected chi connectivity index (χ3v) is 4.40. The number of hydrogen-bond donors (Lipinski definition) is 6. The van der Waals surface area contributed by atoms with Gasteiger partial charge in [0.2, 0.25) is 5.60 Å². The maximum Gasteiger partial charge on any atom is 0.469 e. The number of imidazole rings is 1. The molecule has 14 nitrogen and oxygen atoms in total. The minimum Gasteiger partial charge on any atom is -0.479 e. The average Bonchev–Trinajstić information content (AvgIpc) is 3.07. The summed E-state index contributed by atoms with van der Waals surface area (Å²) in [7, 11) is -4.97. The standard InChI is InChI=1S/C11H14N5O9P/c12-7-5-8(14-2-13-7)16(3-15-5)9-6(17)11(20,10(18)19)4(25-9)1-24-26(21,22)23/h2-4,6,9,17,20H,1H2,(H,18,19)(H2,12,13,14)(H2,21,22,23)/t4-,6+,9-,11-/m1/s1. The van der Waals surface area contributed by atoms with Crippen molar-refractivity contribution in [3.05, 3.63) is 12.7 Å². The van der Waals surface area contributed by atoms with E-state index in [1.54, 1.807) is 0 Å². The molecule has 4 atom stereocenters. The predicted octanol–water partition coefficient (Wildman–Crippen LogP) is -2.41. The number of aromatic nitrogens is 4. The summed E-state index contributed by atoms with van der Waals surface area (Å²) in [5, 5.41) is 30.0. The number of anilines is 1. The number of aliphatic hydroxyl groups is 2. The second kappa shape index (κ2) is 6.21. The molecule has 0 aromatic carbocycles. The summed E-state index contributed by atoms with van der Waals surface area (Å²) in [4.78, 5) is 40.6. The summed E-state index contributed by atoms with van der Waals surface area (Å²) in [5.74, 6) is -1.85. The highest BCUT2D eigenvalue weighted by molar-refractivity contribution is 7.46. The zero-order valence-electron chi connectivity index (χ0n) is 12.8. The van der Waals surface area contributed by atoms with Gasteiger partial charge in [-0.25, -0.2) is 24.3 Å². The van der Waals surface area contributed by atoms with Crippen LogP contribution in [0.25, 0.3) is 11.2 Å². The van der Waals surface area contributed by atoms with Gasteiger partial charge in [-0.2, -0.15) is 0 Å². The van der Waals surface area contributed by atoms with Crippen LogP contribution in [0.1, 0.15) is 6.23 Å². The molecule has 0 bridgehead atoms. The number of fused-ring (bicyclic) bond motifs is 1. The molecule has 0 saturated carbocycles. The van der Waals surface area contributed by atoms with Gasteiger partial charge < -0.3 is 35.6 Å². The molecule has 1 saturated heterocycles. The number of aliphatic carboxylic acids is 1. The van der Waals surface area contributed by atoms with E-state index >= 15 is 0 Å². The van der Waals surface area contributed by atoms with Gasteiger partial charge in [0, 0.05) is 0 Å². The molecule has 2 aromatic heterocycles. The van der Waals surface area contributed by atoms with Crippen LogP contribution in [-0.2, 0) is 18.6 Å². The van der Waals surface area contributed by atoms with E-state index in [1.165, 1.54) is 0 Å². The van der Waals surface area contributed by atoms with Gasteiger partial charge in [-0.1, -0.05) is 0 Å². The second-order valence-electron chi connectivity index (χ2n) is 5.46. The largest absolute Gasteiger partial charge is 0.479 e. The zero-order valence-corrected chi connectivity index (χ0v) is 13.7. The van der Waals surface area contributed by atoms with Crippen LogP contribution in [-0.4, -0.2) is 75.0 Å². The van der Waals surface area contributed by atoms with Crippen molar-refractivity contribution in [2.45, 2.75) is 24.0 Å². The topological polar surface area (TPSA) is 223 Å². The first-order valence-corrected chi connectivity index (χ1v) is 8.51. The fourth-order valence-electron chi connectivity index (χ4n) is 2.62. The summed E-state index contributed by atoms with van der Waals surface area (Å²) in [5.41, 5.74) is 2.98. The summed E-state index contributed by atoms with van der Waals surface area (Å²) < 4.78 is 21.5. The number of nitrogen functional groups attached to an aromatic ring is 1. The SMILES string of the molecule is Nc1ncnc2c1ncn2[C@@H]1O[C@H](COP(=O)(O)O)[C@](O)(C(=O)O)[C@H]1O. The molecule has 3 heterocycles. The summed E-state index contributed by atoms with van der Waals surface area (Å²) in [6.45, 7) is -0.996. The number of phosphoric ester groups is 1. The maximum absolute atomic E-state index is 11.5. The molecule has 26 heavy (non-hydrogen) atoms. The number of carboxylic acid groups (broad SMARTS) is 1. The molecule has 1 aliphatic rings. The maximum atomic E-state index is 11.5.